The van der Waals surface area contributed by atoms with E-state index in [1.165, 1.54) is 4.40 Å². The van der Waals surface area contributed by atoms with Gasteiger partial charge in [-0.3, -0.25) is 4.40 Å². The lowest BCUT2D eigenvalue weighted by atomic mass is 10.5. The molecule has 2 aromatic heterocycles. The van der Waals surface area contributed by atoms with Gasteiger partial charge in [0, 0.05) is 6.20 Å². The molecule has 2 rings (SSSR count). The lowest BCUT2D eigenvalue weighted by molar-refractivity contribution is 0.527. The van der Waals surface area contributed by atoms with Crippen molar-refractivity contribution >= 4 is 5.65 Å². The topological polar surface area (TPSA) is 30.2 Å². The zero-order valence-corrected chi connectivity index (χ0v) is 5.03. The summed E-state index contributed by atoms with van der Waals surface area (Å²) in [5, 5.41) is 6.80. The molecule has 0 aliphatic rings. The average Bonchev–Trinajstić information content (AvgIpc) is 2.34. The Kier molecular flexibility index (Phi) is 0.943. The summed E-state index contributed by atoms with van der Waals surface area (Å²) in [5.41, 5.74) is 0.528. The number of pyridine rings is 1. The summed E-state index contributed by atoms with van der Waals surface area (Å²) in [6.45, 7) is 0. The number of hydrogen-bond acceptors (Lipinski definition) is 2. The second-order valence-electron chi connectivity index (χ2n) is 1.90. The zero-order chi connectivity index (χ0) is 6.97. The molecule has 3 nitrogen and oxygen atoms in total. The Balaban J connectivity index is 2.93. The van der Waals surface area contributed by atoms with Gasteiger partial charge in [-0.15, -0.1) is 5.10 Å². The van der Waals surface area contributed by atoms with Crippen LogP contribution in [-0.4, -0.2) is 14.6 Å². The summed E-state index contributed by atoms with van der Waals surface area (Å²) in [4.78, 5) is 0. The first-order chi connectivity index (χ1) is 4.88. The standard InChI is InChI=1S/C6H4FN3/c7-6-9-8-5-3-1-2-4-10(5)6/h1-4H. The van der Waals surface area contributed by atoms with Gasteiger partial charge in [0.2, 0.25) is 0 Å². The summed E-state index contributed by atoms with van der Waals surface area (Å²) in [6, 6.07) is 5.19. The van der Waals surface area contributed by atoms with Crippen LogP contribution in [-0.2, 0) is 0 Å². The maximum absolute atomic E-state index is 12.5. The van der Waals surface area contributed by atoms with Crippen LogP contribution >= 0.6 is 0 Å². The molecule has 0 radical (unpaired) electrons. The molecule has 0 amide bonds. The normalized spacial score (nSPS) is 10.5. The first kappa shape index (κ1) is 5.34. The molecule has 0 spiro atoms. The highest BCUT2D eigenvalue weighted by Crippen LogP contribution is 1.99. The number of nitrogens with zero attached hydrogens (tertiary/aromatic N) is 3. The summed E-state index contributed by atoms with van der Waals surface area (Å²) >= 11 is 0. The molecule has 0 aliphatic carbocycles. The molecule has 0 aliphatic heterocycles. The van der Waals surface area contributed by atoms with E-state index in [4.69, 9.17) is 0 Å². The van der Waals surface area contributed by atoms with Crippen LogP contribution in [0.5, 0.6) is 0 Å². The van der Waals surface area contributed by atoms with Gasteiger partial charge in [0.1, 0.15) is 0 Å². The number of hydrogen-bond donors (Lipinski definition) is 0. The lowest BCUT2D eigenvalue weighted by Crippen LogP contribution is -1.85. The largest absolute Gasteiger partial charge is 0.313 e. The zero-order valence-electron chi connectivity index (χ0n) is 5.03. The van der Waals surface area contributed by atoms with Crippen LogP contribution < -0.4 is 0 Å². The average molecular weight is 137 g/mol. The second kappa shape index (κ2) is 1.76. The van der Waals surface area contributed by atoms with E-state index >= 15 is 0 Å². The molecule has 50 valence electrons. The van der Waals surface area contributed by atoms with Gasteiger partial charge < -0.3 is 0 Å². The van der Waals surface area contributed by atoms with Crippen molar-refractivity contribution in [1.29, 1.82) is 0 Å². The van der Waals surface area contributed by atoms with Gasteiger partial charge in [0.15, 0.2) is 5.65 Å². The van der Waals surface area contributed by atoms with Crippen LogP contribution in [0.3, 0.4) is 0 Å². The molecule has 0 bridgehead atoms. The minimum atomic E-state index is -0.574. The van der Waals surface area contributed by atoms with Crippen molar-refractivity contribution in [2.75, 3.05) is 0 Å². The fourth-order valence-electron chi connectivity index (χ4n) is 0.812. The second-order valence-corrected chi connectivity index (χ2v) is 1.90. The highest BCUT2D eigenvalue weighted by atomic mass is 19.1. The summed E-state index contributed by atoms with van der Waals surface area (Å²) in [6.07, 6.45) is 1.00. The van der Waals surface area contributed by atoms with Crippen molar-refractivity contribution in [1.82, 2.24) is 14.6 Å². The van der Waals surface area contributed by atoms with Crippen molar-refractivity contribution in [3.8, 4) is 0 Å². The van der Waals surface area contributed by atoms with Crippen molar-refractivity contribution in [3.63, 3.8) is 0 Å². The molecule has 0 saturated heterocycles. The minimum Gasteiger partial charge on any atom is -0.259 e. The Hall–Kier alpha value is -1.45. The molecule has 2 aromatic rings. The first-order valence-corrected chi connectivity index (χ1v) is 2.83. The van der Waals surface area contributed by atoms with Gasteiger partial charge in [-0.1, -0.05) is 11.2 Å². The van der Waals surface area contributed by atoms with E-state index in [9.17, 15) is 4.39 Å². The maximum atomic E-state index is 12.5. The molecular weight excluding hydrogens is 133 g/mol. The minimum absolute atomic E-state index is 0.528. The van der Waals surface area contributed by atoms with Gasteiger partial charge in [0.25, 0.3) is 0 Å². The van der Waals surface area contributed by atoms with Crippen molar-refractivity contribution in [3.05, 3.63) is 30.5 Å². The van der Waals surface area contributed by atoms with Gasteiger partial charge >= 0.3 is 6.08 Å². The van der Waals surface area contributed by atoms with Crippen LogP contribution in [0.4, 0.5) is 4.39 Å². The van der Waals surface area contributed by atoms with Crippen LogP contribution in [0.1, 0.15) is 0 Å². The van der Waals surface area contributed by atoms with E-state index in [0.29, 0.717) is 5.65 Å². The van der Waals surface area contributed by atoms with Crippen LogP contribution in [0.25, 0.3) is 5.65 Å². The molecular formula is C6H4FN3. The van der Waals surface area contributed by atoms with Crippen LogP contribution in [0.2, 0.25) is 0 Å². The van der Waals surface area contributed by atoms with Gasteiger partial charge in [0.05, 0.1) is 0 Å². The number of fused-ring (bicyclic) bond motifs is 1. The molecule has 0 N–H and O–H groups in total. The number of aromatic nitrogens is 3. The first-order valence-electron chi connectivity index (χ1n) is 2.83. The molecule has 10 heavy (non-hydrogen) atoms. The third kappa shape index (κ3) is 0.586. The Morgan fingerprint density at radius 1 is 1.30 bits per heavy atom. The van der Waals surface area contributed by atoms with E-state index in [0.717, 1.165) is 0 Å². The monoisotopic (exact) mass is 137 g/mol. The van der Waals surface area contributed by atoms with E-state index in [1.807, 2.05) is 0 Å². The van der Waals surface area contributed by atoms with E-state index in [1.54, 1.807) is 24.4 Å². The highest BCUT2D eigenvalue weighted by molar-refractivity contribution is 5.35. The Morgan fingerprint density at radius 2 is 2.20 bits per heavy atom. The van der Waals surface area contributed by atoms with Crippen LogP contribution in [0.15, 0.2) is 24.4 Å². The summed E-state index contributed by atoms with van der Waals surface area (Å²) in [7, 11) is 0. The Labute approximate surface area is 56.1 Å². The number of rotatable bonds is 0. The lowest BCUT2D eigenvalue weighted by Gasteiger charge is -1.86. The fourth-order valence-corrected chi connectivity index (χ4v) is 0.812. The Morgan fingerprint density at radius 3 is 3.00 bits per heavy atom. The quantitative estimate of drug-likeness (QED) is 0.539. The maximum Gasteiger partial charge on any atom is 0.313 e. The molecule has 0 saturated carbocycles. The molecule has 4 heteroatoms. The third-order valence-corrected chi connectivity index (χ3v) is 1.27. The third-order valence-electron chi connectivity index (χ3n) is 1.27. The summed E-state index contributed by atoms with van der Waals surface area (Å²) in [5.74, 6) is 0. The van der Waals surface area contributed by atoms with E-state index in [-0.39, 0.29) is 0 Å². The van der Waals surface area contributed by atoms with E-state index in [2.05, 4.69) is 10.2 Å². The predicted octanol–water partition coefficient (Wildman–Crippen LogP) is 0.868. The number of halogens is 1. The van der Waals surface area contributed by atoms with Crippen molar-refractivity contribution in [2.45, 2.75) is 0 Å². The highest BCUT2D eigenvalue weighted by Gasteiger charge is 1.99. The molecule has 0 aromatic carbocycles. The smallest absolute Gasteiger partial charge is 0.259 e. The predicted molar refractivity (Wildman–Crippen MR) is 32.9 cm³/mol. The van der Waals surface area contributed by atoms with Crippen molar-refractivity contribution < 1.29 is 4.39 Å². The molecule has 0 atom stereocenters. The van der Waals surface area contributed by atoms with Gasteiger partial charge in [-0.25, -0.2) is 0 Å². The Bertz CT molecular complexity index is 355. The molecule has 2 heterocycles. The SMILES string of the molecule is Fc1nnc2ccccn12. The molecule has 0 fully saturated rings. The van der Waals surface area contributed by atoms with E-state index < -0.39 is 6.08 Å². The molecule has 0 unspecified atom stereocenters. The summed E-state index contributed by atoms with van der Waals surface area (Å²) < 4.78 is 13.8. The van der Waals surface area contributed by atoms with Gasteiger partial charge in [-0.05, 0) is 12.1 Å². The van der Waals surface area contributed by atoms with Gasteiger partial charge in [-0.2, -0.15) is 4.39 Å². The fraction of sp³-hybridized carbons (Fsp3) is 0. The van der Waals surface area contributed by atoms with Crippen LogP contribution in [0, 0.1) is 6.08 Å². The van der Waals surface area contributed by atoms with Crippen molar-refractivity contribution in [2.24, 2.45) is 0 Å².